The SMILES string of the molecule is CC1(C)CCCC([C@H](O)c2ccccc2F)N1. The molecule has 2 rings (SSSR count). The van der Waals surface area contributed by atoms with Crippen molar-refractivity contribution in [2.45, 2.75) is 50.8 Å². The second-order valence-corrected chi connectivity index (χ2v) is 5.49. The van der Waals surface area contributed by atoms with Crippen molar-refractivity contribution in [1.29, 1.82) is 0 Å². The van der Waals surface area contributed by atoms with Gasteiger partial charge in [0.15, 0.2) is 0 Å². The Kier molecular flexibility index (Phi) is 3.50. The highest BCUT2D eigenvalue weighted by Crippen LogP contribution is 2.29. The van der Waals surface area contributed by atoms with E-state index in [1.807, 2.05) is 0 Å². The summed E-state index contributed by atoms with van der Waals surface area (Å²) in [4.78, 5) is 0. The molecule has 0 saturated carbocycles. The van der Waals surface area contributed by atoms with Gasteiger partial charge in [-0.3, -0.25) is 0 Å². The molecular formula is C14H20FNO. The van der Waals surface area contributed by atoms with Crippen LogP contribution in [0.5, 0.6) is 0 Å². The summed E-state index contributed by atoms with van der Waals surface area (Å²) in [5, 5.41) is 13.7. The van der Waals surface area contributed by atoms with Crippen molar-refractivity contribution in [3.63, 3.8) is 0 Å². The minimum atomic E-state index is -0.768. The van der Waals surface area contributed by atoms with Crippen LogP contribution in [-0.2, 0) is 0 Å². The lowest BCUT2D eigenvalue weighted by Crippen LogP contribution is -2.51. The first-order valence-electron chi connectivity index (χ1n) is 6.20. The summed E-state index contributed by atoms with van der Waals surface area (Å²) >= 11 is 0. The molecule has 1 fully saturated rings. The fraction of sp³-hybridized carbons (Fsp3) is 0.571. The molecule has 0 bridgehead atoms. The van der Waals surface area contributed by atoms with Crippen LogP contribution < -0.4 is 5.32 Å². The number of halogens is 1. The zero-order chi connectivity index (χ0) is 12.5. The van der Waals surface area contributed by atoms with E-state index < -0.39 is 6.10 Å². The first-order chi connectivity index (χ1) is 7.99. The minimum absolute atomic E-state index is 0.0230. The van der Waals surface area contributed by atoms with Gasteiger partial charge in [0.25, 0.3) is 0 Å². The predicted molar refractivity (Wildman–Crippen MR) is 66.2 cm³/mol. The van der Waals surface area contributed by atoms with Crippen molar-refractivity contribution >= 4 is 0 Å². The summed E-state index contributed by atoms with van der Waals surface area (Å²) in [6.07, 6.45) is 2.28. The summed E-state index contributed by atoms with van der Waals surface area (Å²) in [7, 11) is 0. The van der Waals surface area contributed by atoms with Crippen molar-refractivity contribution in [1.82, 2.24) is 5.32 Å². The molecular weight excluding hydrogens is 217 g/mol. The lowest BCUT2D eigenvalue weighted by Gasteiger charge is -2.39. The summed E-state index contributed by atoms with van der Waals surface area (Å²) in [5.74, 6) is -0.329. The zero-order valence-electron chi connectivity index (χ0n) is 10.4. The van der Waals surface area contributed by atoms with Gasteiger partial charge in [0.1, 0.15) is 5.82 Å². The number of hydrogen-bond acceptors (Lipinski definition) is 2. The first kappa shape index (κ1) is 12.5. The van der Waals surface area contributed by atoms with E-state index in [1.165, 1.54) is 6.07 Å². The molecule has 0 aromatic heterocycles. The number of hydrogen-bond donors (Lipinski definition) is 2. The monoisotopic (exact) mass is 237 g/mol. The fourth-order valence-electron chi connectivity index (χ4n) is 2.58. The number of rotatable bonds is 2. The quantitative estimate of drug-likeness (QED) is 0.829. The Bertz CT molecular complexity index is 392. The van der Waals surface area contributed by atoms with Gasteiger partial charge in [-0.1, -0.05) is 18.2 Å². The van der Waals surface area contributed by atoms with Crippen molar-refractivity contribution in [3.05, 3.63) is 35.6 Å². The van der Waals surface area contributed by atoms with Gasteiger partial charge in [-0.25, -0.2) is 4.39 Å². The number of piperidine rings is 1. The molecule has 2 nitrogen and oxygen atoms in total. The molecule has 1 aromatic carbocycles. The highest BCUT2D eigenvalue weighted by molar-refractivity contribution is 5.21. The van der Waals surface area contributed by atoms with Gasteiger partial charge in [0.05, 0.1) is 6.10 Å². The van der Waals surface area contributed by atoms with Crippen molar-refractivity contribution in [2.75, 3.05) is 0 Å². The third kappa shape index (κ3) is 2.85. The molecule has 0 radical (unpaired) electrons. The molecule has 1 unspecified atom stereocenters. The van der Waals surface area contributed by atoms with Gasteiger partial charge in [0, 0.05) is 17.1 Å². The van der Waals surface area contributed by atoms with Crippen LogP contribution in [0.4, 0.5) is 4.39 Å². The highest BCUT2D eigenvalue weighted by Gasteiger charge is 2.32. The third-order valence-electron chi connectivity index (χ3n) is 3.50. The second kappa shape index (κ2) is 4.75. The Hall–Kier alpha value is -0.930. The van der Waals surface area contributed by atoms with Crippen LogP contribution in [0.1, 0.15) is 44.8 Å². The summed E-state index contributed by atoms with van der Waals surface area (Å²) < 4.78 is 13.6. The Labute approximate surface area is 102 Å². The van der Waals surface area contributed by atoms with Crippen LogP contribution in [0.2, 0.25) is 0 Å². The van der Waals surface area contributed by atoms with E-state index in [4.69, 9.17) is 0 Å². The Morgan fingerprint density at radius 3 is 2.76 bits per heavy atom. The average molecular weight is 237 g/mol. The van der Waals surface area contributed by atoms with Crippen LogP contribution in [-0.4, -0.2) is 16.7 Å². The smallest absolute Gasteiger partial charge is 0.129 e. The second-order valence-electron chi connectivity index (χ2n) is 5.49. The van der Waals surface area contributed by atoms with Crippen LogP contribution in [0.25, 0.3) is 0 Å². The number of aliphatic hydroxyl groups excluding tert-OH is 1. The topological polar surface area (TPSA) is 32.3 Å². The van der Waals surface area contributed by atoms with Crippen LogP contribution in [0.15, 0.2) is 24.3 Å². The van der Waals surface area contributed by atoms with Gasteiger partial charge in [-0.05, 0) is 39.2 Å². The third-order valence-corrected chi connectivity index (χ3v) is 3.50. The zero-order valence-corrected chi connectivity index (χ0v) is 10.4. The van der Waals surface area contributed by atoms with Crippen molar-refractivity contribution in [3.8, 4) is 0 Å². The molecule has 2 atom stereocenters. The Balaban J connectivity index is 2.15. The number of aliphatic hydroxyl groups is 1. The van der Waals surface area contributed by atoms with Gasteiger partial charge in [-0.15, -0.1) is 0 Å². The fourth-order valence-corrected chi connectivity index (χ4v) is 2.58. The Morgan fingerprint density at radius 2 is 2.12 bits per heavy atom. The highest BCUT2D eigenvalue weighted by atomic mass is 19.1. The molecule has 0 aliphatic carbocycles. The van der Waals surface area contributed by atoms with Crippen molar-refractivity contribution in [2.24, 2.45) is 0 Å². The molecule has 3 heteroatoms. The standard InChI is InChI=1S/C14H20FNO/c1-14(2)9-5-8-12(16-14)13(17)10-6-3-4-7-11(10)15/h3-4,6-7,12-13,16-17H,5,8-9H2,1-2H3/t12?,13-/m1/s1. The van der Waals surface area contributed by atoms with E-state index in [2.05, 4.69) is 19.2 Å². The first-order valence-corrected chi connectivity index (χ1v) is 6.20. The molecule has 94 valence electrons. The van der Waals surface area contributed by atoms with Crippen LogP contribution in [0, 0.1) is 5.82 Å². The molecule has 1 aromatic rings. The predicted octanol–water partition coefficient (Wildman–Crippen LogP) is 2.78. The van der Waals surface area contributed by atoms with Crippen LogP contribution >= 0.6 is 0 Å². The molecule has 1 aliphatic heterocycles. The molecule has 2 N–H and O–H groups in total. The van der Waals surface area contributed by atoms with E-state index in [1.54, 1.807) is 18.2 Å². The normalized spacial score (nSPS) is 25.5. The van der Waals surface area contributed by atoms with Gasteiger partial charge in [-0.2, -0.15) is 0 Å². The number of nitrogens with one attached hydrogen (secondary N) is 1. The lowest BCUT2D eigenvalue weighted by molar-refractivity contribution is 0.0817. The molecule has 0 spiro atoms. The lowest BCUT2D eigenvalue weighted by atomic mass is 9.85. The maximum absolute atomic E-state index is 13.6. The number of benzene rings is 1. The van der Waals surface area contributed by atoms with E-state index in [0.29, 0.717) is 5.56 Å². The van der Waals surface area contributed by atoms with Gasteiger partial charge >= 0.3 is 0 Å². The van der Waals surface area contributed by atoms with Gasteiger partial charge in [0.2, 0.25) is 0 Å². The minimum Gasteiger partial charge on any atom is -0.387 e. The summed E-state index contributed by atoms with van der Waals surface area (Å²) in [6.45, 7) is 4.24. The molecule has 1 aliphatic rings. The average Bonchev–Trinajstić information content (AvgIpc) is 2.27. The van der Waals surface area contributed by atoms with E-state index in [9.17, 15) is 9.50 Å². The van der Waals surface area contributed by atoms with Gasteiger partial charge < -0.3 is 10.4 Å². The molecule has 0 amide bonds. The van der Waals surface area contributed by atoms with E-state index in [0.717, 1.165) is 19.3 Å². The summed E-state index contributed by atoms with van der Waals surface area (Å²) in [6, 6.07) is 6.39. The maximum atomic E-state index is 13.6. The largest absolute Gasteiger partial charge is 0.387 e. The van der Waals surface area contributed by atoms with Crippen molar-refractivity contribution < 1.29 is 9.50 Å². The summed E-state index contributed by atoms with van der Waals surface area (Å²) in [5.41, 5.74) is 0.414. The Morgan fingerprint density at radius 1 is 1.41 bits per heavy atom. The van der Waals surface area contributed by atoms with E-state index >= 15 is 0 Å². The maximum Gasteiger partial charge on any atom is 0.129 e. The molecule has 17 heavy (non-hydrogen) atoms. The van der Waals surface area contributed by atoms with E-state index in [-0.39, 0.29) is 17.4 Å². The molecule has 1 saturated heterocycles. The van der Waals surface area contributed by atoms with Crippen LogP contribution in [0.3, 0.4) is 0 Å². The molecule has 1 heterocycles.